The maximum atomic E-state index is 12.9. The van der Waals surface area contributed by atoms with Gasteiger partial charge in [-0.05, 0) is 30.7 Å². The van der Waals surface area contributed by atoms with Crippen LogP contribution >= 0.6 is 11.3 Å². The standard InChI is InChI=1S/C16H15FN4OS/c17-13-4-2-12(3-5-13)16-20-14(10-23-16)15(22)19-6-1-8-21-9-7-18-11-21/h2-5,7,9-11H,1,6,8H2,(H,19,22). The molecular formula is C16H15FN4OS. The lowest BCUT2D eigenvalue weighted by molar-refractivity contribution is 0.0948. The van der Waals surface area contributed by atoms with Gasteiger partial charge in [0.05, 0.1) is 6.33 Å². The average molecular weight is 330 g/mol. The highest BCUT2D eigenvalue weighted by Crippen LogP contribution is 2.23. The van der Waals surface area contributed by atoms with Crippen LogP contribution in [0, 0.1) is 5.82 Å². The van der Waals surface area contributed by atoms with Crippen molar-refractivity contribution < 1.29 is 9.18 Å². The normalized spacial score (nSPS) is 10.7. The Bertz CT molecular complexity index is 768. The maximum absolute atomic E-state index is 12.9. The Morgan fingerprint density at radius 1 is 1.30 bits per heavy atom. The summed E-state index contributed by atoms with van der Waals surface area (Å²) in [6, 6.07) is 6.07. The summed E-state index contributed by atoms with van der Waals surface area (Å²) in [7, 11) is 0. The van der Waals surface area contributed by atoms with Gasteiger partial charge in [0.15, 0.2) is 0 Å². The van der Waals surface area contributed by atoms with E-state index in [4.69, 9.17) is 0 Å². The van der Waals surface area contributed by atoms with Crippen LogP contribution in [0.15, 0.2) is 48.4 Å². The number of aryl methyl sites for hydroxylation is 1. The molecule has 0 aliphatic carbocycles. The van der Waals surface area contributed by atoms with Crippen LogP contribution in [0.4, 0.5) is 4.39 Å². The fourth-order valence-electron chi connectivity index (χ4n) is 2.08. The van der Waals surface area contributed by atoms with Crippen molar-refractivity contribution in [3.8, 4) is 10.6 Å². The molecule has 3 aromatic rings. The molecule has 3 rings (SSSR count). The number of imidazole rings is 1. The van der Waals surface area contributed by atoms with Crippen LogP contribution in [0.2, 0.25) is 0 Å². The smallest absolute Gasteiger partial charge is 0.270 e. The summed E-state index contributed by atoms with van der Waals surface area (Å²) in [6.45, 7) is 1.37. The molecule has 1 N–H and O–H groups in total. The number of carbonyl (C=O) groups is 1. The molecule has 0 fully saturated rings. The van der Waals surface area contributed by atoms with E-state index in [9.17, 15) is 9.18 Å². The Hall–Kier alpha value is -2.54. The van der Waals surface area contributed by atoms with Gasteiger partial charge in [0, 0.05) is 36.4 Å². The van der Waals surface area contributed by atoms with Gasteiger partial charge in [-0.25, -0.2) is 14.4 Å². The van der Waals surface area contributed by atoms with Crippen LogP contribution in [0.3, 0.4) is 0 Å². The van der Waals surface area contributed by atoms with Crippen molar-refractivity contribution in [2.75, 3.05) is 6.54 Å². The lowest BCUT2D eigenvalue weighted by Crippen LogP contribution is -2.25. The van der Waals surface area contributed by atoms with Crippen LogP contribution in [-0.2, 0) is 6.54 Å². The topological polar surface area (TPSA) is 59.8 Å². The molecule has 2 heterocycles. The van der Waals surface area contributed by atoms with Crippen molar-refractivity contribution in [3.05, 3.63) is 59.9 Å². The molecule has 0 unspecified atom stereocenters. The second-order valence-electron chi connectivity index (χ2n) is 4.95. The number of thiazole rings is 1. The molecule has 0 bridgehead atoms. The van der Waals surface area contributed by atoms with Crippen LogP contribution in [-0.4, -0.2) is 27.0 Å². The van der Waals surface area contributed by atoms with E-state index < -0.39 is 0 Å². The molecule has 0 aliphatic heterocycles. The molecule has 23 heavy (non-hydrogen) atoms. The first-order valence-corrected chi connectivity index (χ1v) is 8.06. The summed E-state index contributed by atoms with van der Waals surface area (Å²) in [5, 5.41) is 5.26. The van der Waals surface area contributed by atoms with Gasteiger partial charge >= 0.3 is 0 Å². The predicted octanol–water partition coefficient (Wildman–Crippen LogP) is 2.97. The molecule has 1 amide bonds. The first kappa shape index (κ1) is 15.4. The highest BCUT2D eigenvalue weighted by molar-refractivity contribution is 7.13. The van der Waals surface area contributed by atoms with E-state index >= 15 is 0 Å². The number of rotatable bonds is 6. The second-order valence-corrected chi connectivity index (χ2v) is 5.81. The van der Waals surface area contributed by atoms with Gasteiger partial charge in [-0.2, -0.15) is 0 Å². The highest BCUT2D eigenvalue weighted by Gasteiger charge is 2.11. The number of hydrogen-bond acceptors (Lipinski definition) is 4. The Kier molecular flexibility index (Phi) is 4.77. The lowest BCUT2D eigenvalue weighted by atomic mass is 10.2. The number of aromatic nitrogens is 3. The van der Waals surface area contributed by atoms with Gasteiger partial charge in [0.25, 0.3) is 5.91 Å². The fraction of sp³-hybridized carbons (Fsp3) is 0.188. The Morgan fingerprint density at radius 3 is 2.87 bits per heavy atom. The van der Waals surface area contributed by atoms with Crippen molar-refractivity contribution in [3.63, 3.8) is 0 Å². The minimum atomic E-state index is -0.291. The third-order valence-electron chi connectivity index (χ3n) is 3.27. The van der Waals surface area contributed by atoms with Gasteiger partial charge in [-0.15, -0.1) is 11.3 Å². The Labute approximate surface area is 136 Å². The molecule has 118 valence electrons. The van der Waals surface area contributed by atoms with Gasteiger partial charge in [0.1, 0.15) is 16.5 Å². The van der Waals surface area contributed by atoms with Gasteiger partial charge in [0.2, 0.25) is 0 Å². The fourth-order valence-corrected chi connectivity index (χ4v) is 2.88. The van der Waals surface area contributed by atoms with Crippen molar-refractivity contribution in [1.29, 1.82) is 0 Å². The number of amides is 1. The summed E-state index contributed by atoms with van der Waals surface area (Å²) in [4.78, 5) is 20.3. The Balaban J connectivity index is 1.52. The summed E-state index contributed by atoms with van der Waals surface area (Å²) >= 11 is 1.37. The van der Waals surface area contributed by atoms with Crippen LogP contribution in [0.1, 0.15) is 16.9 Å². The molecule has 0 saturated heterocycles. The number of hydrogen-bond donors (Lipinski definition) is 1. The molecule has 1 aromatic carbocycles. The van der Waals surface area contributed by atoms with Gasteiger partial charge < -0.3 is 9.88 Å². The zero-order valence-electron chi connectivity index (χ0n) is 12.3. The molecule has 0 atom stereocenters. The second kappa shape index (κ2) is 7.15. The van der Waals surface area contributed by atoms with E-state index in [-0.39, 0.29) is 11.7 Å². The van der Waals surface area contributed by atoms with E-state index in [0.717, 1.165) is 18.5 Å². The van der Waals surface area contributed by atoms with Gasteiger partial charge in [-0.1, -0.05) is 0 Å². The van der Waals surface area contributed by atoms with Crippen LogP contribution in [0.5, 0.6) is 0 Å². The monoisotopic (exact) mass is 330 g/mol. The number of halogens is 1. The lowest BCUT2D eigenvalue weighted by Gasteiger charge is -2.04. The molecule has 5 nitrogen and oxygen atoms in total. The molecular weight excluding hydrogens is 315 g/mol. The molecule has 2 aromatic heterocycles. The minimum Gasteiger partial charge on any atom is -0.351 e. The van der Waals surface area contributed by atoms with E-state index in [1.165, 1.54) is 23.5 Å². The summed E-state index contributed by atoms with van der Waals surface area (Å²) in [5.74, 6) is -0.485. The highest BCUT2D eigenvalue weighted by atomic mass is 32.1. The first-order chi connectivity index (χ1) is 11.2. The van der Waals surface area contributed by atoms with E-state index in [2.05, 4.69) is 15.3 Å². The van der Waals surface area contributed by atoms with E-state index in [1.807, 2.05) is 10.8 Å². The zero-order valence-corrected chi connectivity index (χ0v) is 13.1. The molecule has 0 aliphatic rings. The number of nitrogens with one attached hydrogen (secondary N) is 1. The predicted molar refractivity (Wildman–Crippen MR) is 86.7 cm³/mol. The summed E-state index contributed by atoms with van der Waals surface area (Å²) < 4.78 is 14.9. The van der Waals surface area contributed by atoms with Crippen LogP contribution < -0.4 is 5.32 Å². The third kappa shape index (κ3) is 4.01. The van der Waals surface area contributed by atoms with Crippen molar-refractivity contribution in [2.45, 2.75) is 13.0 Å². The van der Waals surface area contributed by atoms with Crippen molar-refractivity contribution >= 4 is 17.2 Å². The van der Waals surface area contributed by atoms with Gasteiger partial charge in [-0.3, -0.25) is 4.79 Å². The number of nitrogens with zero attached hydrogens (tertiary/aromatic N) is 3. The molecule has 7 heteroatoms. The SMILES string of the molecule is O=C(NCCCn1ccnc1)c1csc(-c2ccc(F)cc2)n1. The van der Waals surface area contributed by atoms with Crippen LogP contribution in [0.25, 0.3) is 10.6 Å². The molecule has 0 radical (unpaired) electrons. The first-order valence-electron chi connectivity index (χ1n) is 7.18. The number of carbonyl (C=O) groups excluding carboxylic acids is 1. The average Bonchev–Trinajstić information content (AvgIpc) is 3.24. The third-order valence-corrected chi connectivity index (χ3v) is 4.16. The zero-order chi connectivity index (χ0) is 16.1. The largest absolute Gasteiger partial charge is 0.351 e. The van der Waals surface area contributed by atoms with Crippen molar-refractivity contribution in [2.24, 2.45) is 0 Å². The maximum Gasteiger partial charge on any atom is 0.270 e. The quantitative estimate of drug-likeness (QED) is 0.707. The van der Waals surface area contributed by atoms with Crippen molar-refractivity contribution in [1.82, 2.24) is 19.9 Å². The molecule has 0 spiro atoms. The van der Waals surface area contributed by atoms with E-state index in [1.54, 1.807) is 30.0 Å². The summed E-state index contributed by atoms with van der Waals surface area (Å²) in [5.41, 5.74) is 1.19. The number of benzene rings is 1. The Morgan fingerprint density at radius 2 is 2.13 bits per heavy atom. The molecule has 0 saturated carbocycles. The van der Waals surface area contributed by atoms with E-state index in [0.29, 0.717) is 17.2 Å². The minimum absolute atomic E-state index is 0.194. The summed E-state index contributed by atoms with van der Waals surface area (Å²) in [6.07, 6.45) is 6.18.